The molecule has 0 amide bonds. The van der Waals surface area contributed by atoms with E-state index in [0.29, 0.717) is 12.8 Å². The molecule has 0 radical (unpaired) electrons. The largest absolute Gasteiger partial charge is 0.466 e. The lowest BCUT2D eigenvalue weighted by atomic mass is 10.0. The van der Waals surface area contributed by atoms with E-state index >= 15 is 0 Å². The molecule has 0 aliphatic heterocycles. The van der Waals surface area contributed by atoms with E-state index < -0.39 is 33.7 Å². The van der Waals surface area contributed by atoms with Crippen molar-refractivity contribution in [3.8, 4) is 0 Å². The second-order valence-corrected chi connectivity index (χ2v) is 24.3. The molecular weight excluding hydrogens is 913 g/mol. The number of ether oxygens (including phenoxy) is 2. The molecule has 0 saturated heterocycles. The van der Waals surface area contributed by atoms with Crippen LogP contribution in [-0.4, -0.2) is 43.4 Å². The van der Waals surface area contributed by atoms with E-state index in [1.165, 1.54) is 315 Å². The molecule has 72 heavy (non-hydrogen) atoms. The van der Waals surface area contributed by atoms with Crippen LogP contribution in [0.3, 0.4) is 0 Å². The Morgan fingerprint density at radius 1 is 0.292 bits per heavy atom. The molecule has 0 fully saturated rings. The van der Waals surface area contributed by atoms with Crippen molar-refractivity contribution in [2.24, 2.45) is 0 Å². The third-order valence-corrected chi connectivity index (χ3v) is 16.6. The van der Waals surface area contributed by atoms with Crippen molar-refractivity contribution in [2.45, 2.75) is 385 Å². The predicted molar refractivity (Wildman–Crippen MR) is 312 cm³/mol. The van der Waals surface area contributed by atoms with Gasteiger partial charge in [0, 0.05) is 0 Å². The van der Waals surface area contributed by atoms with E-state index in [1.54, 1.807) is 0 Å². The van der Waals surface area contributed by atoms with Crippen molar-refractivity contribution in [2.75, 3.05) is 13.2 Å². The highest BCUT2D eigenvalue weighted by Crippen LogP contribution is 2.19. The van der Waals surface area contributed by atoms with Crippen LogP contribution in [-0.2, 0) is 29.2 Å². The summed E-state index contributed by atoms with van der Waals surface area (Å²) in [6.07, 6.45) is 74.1. The van der Waals surface area contributed by atoms with E-state index in [1.807, 2.05) is 0 Å². The van der Waals surface area contributed by atoms with Crippen LogP contribution in [0, 0.1) is 0 Å². The summed E-state index contributed by atoms with van der Waals surface area (Å²) in [4.78, 5) is 24.9. The Morgan fingerprint density at radius 2 is 0.458 bits per heavy atom. The number of hydrogen-bond donors (Lipinski definition) is 1. The van der Waals surface area contributed by atoms with Crippen LogP contribution in [0.2, 0.25) is 0 Å². The predicted octanol–water partition coefficient (Wildman–Crippen LogP) is 21.6. The van der Waals surface area contributed by atoms with Crippen molar-refractivity contribution >= 4 is 22.1 Å². The van der Waals surface area contributed by atoms with E-state index in [9.17, 15) is 22.6 Å². The lowest BCUT2D eigenvalue weighted by Gasteiger charge is -2.13. The second kappa shape index (κ2) is 59.1. The van der Waals surface area contributed by atoms with Gasteiger partial charge in [-0.1, -0.05) is 361 Å². The van der Waals surface area contributed by atoms with E-state index in [4.69, 9.17) is 9.47 Å². The summed E-state index contributed by atoms with van der Waals surface area (Å²) in [5.74, 6) is -1.88. The minimum atomic E-state index is -4.79. The third kappa shape index (κ3) is 56.6. The number of unbranched alkanes of at least 4 members (excludes halogenated alkanes) is 54. The van der Waals surface area contributed by atoms with Crippen LogP contribution in [0.1, 0.15) is 380 Å². The van der Waals surface area contributed by atoms with Gasteiger partial charge in [-0.3, -0.25) is 14.1 Å². The van der Waals surface area contributed by atoms with Crippen LogP contribution in [0.25, 0.3) is 0 Å². The third-order valence-electron chi connectivity index (χ3n) is 15.5. The summed E-state index contributed by atoms with van der Waals surface area (Å²) < 4.78 is 43.9. The summed E-state index contributed by atoms with van der Waals surface area (Å²) in [6, 6.07) is 0. The maximum Gasteiger partial charge on any atom is 0.327 e. The first-order valence-electron chi connectivity index (χ1n) is 32.6. The summed E-state index contributed by atoms with van der Waals surface area (Å²) in [5, 5.41) is -1.94. The van der Waals surface area contributed by atoms with Crippen molar-refractivity contribution in [1.29, 1.82) is 0 Å². The van der Waals surface area contributed by atoms with Gasteiger partial charge in [-0.25, -0.2) is 0 Å². The molecule has 430 valence electrons. The molecular formula is C64H126O7S. The van der Waals surface area contributed by atoms with Gasteiger partial charge in [0.25, 0.3) is 10.1 Å². The molecule has 0 rings (SSSR count). The van der Waals surface area contributed by atoms with Crippen LogP contribution >= 0.6 is 0 Å². The summed E-state index contributed by atoms with van der Waals surface area (Å²) in [5.41, 5.74) is 0. The van der Waals surface area contributed by atoms with Gasteiger partial charge in [0.2, 0.25) is 0 Å². The Morgan fingerprint density at radius 3 is 0.639 bits per heavy atom. The molecule has 0 heterocycles. The van der Waals surface area contributed by atoms with E-state index in [0.717, 1.165) is 32.1 Å². The van der Waals surface area contributed by atoms with Crippen molar-refractivity contribution in [1.82, 2.24) is 0 Å². The van der Waals surface area contributed by atoms with Gasteiger partial charge in [0.05, 0.1) is 19.6 Å². The van der Waals surface area contributed by atoms with Crippen LogP contribution in [0.5, 0.6) is 0 Å². The average molecular weight is 1040 g/mol. The fourth-order valence-electron chi connectivity index (χ4n) is 10.5. The lowest BCUT2D eigenvalue weighted by molar-refractivity contribution is -0.150. The Kier molecular flexibility index (Phi) is 58.2. The van der Waals surface area contributed by atoms with Gasteiger partial charge >= 0.3 is 11.9 Å². The minimum Gasteiger partial charge on any atom is -0.466 e. The van der Waals surface area contributed by atoms with Crippen LogP contribution < -0.4 is 0 Å². The molecule has 0 saturated carbocycles. The Hall–Kier alpha value is -1.15. The molecule has 0 bridgehead atoms. The Balaban J connectivity index is 3.52. The van der Waals surface area contributed by atoms with Crippen molar-refractivity contribution in [3.63, 3.8) is 0 Å². The monoisotopic (exact) mass is 1040 g/mol. The number of hydrogen-bond acceptors (Lipinski definition) is 6. The van der Waals surface area contributed by atoms with Gasteiger partial charge in [0.15, 0.2) is 5.25 Å². The highest BCUT2D eigenvalue weighted by atomic mass is 32.2. The first-order chi connectivity index (χ1) is 35.3. The summed E-state index contributed by atoms with van der Waals surface area (Å²) in [7, 11) is -4.79. The fraction of sp³-hybridized carbons (Fsp3) is 0.969. The van der Waals surface area contributed by atoms with Gasteiger partial charge in [-0.15, -0.1) is 0 Å². The SMILES string of the molecule is CCCCCCCCCCCCCCCCCCCCCCCCCCCCCCOC(=O)CC(C(=O)OCCCCCCCCCCCCCCCCCCCCCCCCCCCCCC)S(=O)(=O)O. The maximum atomic E-state index is 12.5. The maximum absolute atomic E-state index is 12.5. The molecule has 0 aliphatic carbocycles. The number of rotatable bonds is 62. The number of esters is 2. The van der Waals surface area contributed by atoms with E-state index in [-0.39, 0.29) is 13.2 Å². The standard InChI is InChI=1S/C64H126O7S/c1-3-5-7-9-11-13-15-17-19-21-23-25-27-29-31-33-35-37-39-41-43-45-47-49-51-53-55-57-59-70-63(65)61-62(72(67,68)69)64(66)71-60-58-56-54-52-50-48-46-44-42-40-38-36-34-32-30-28-26-24-22-20-18-16-14-12-10-8-6-4-2/h62H,3-61H2,1-2H3,(H,67,68,69). The molecule has 0 aliphatic rings. The molecule has 0 aromatic carbocycles. The molecule has 8 heteroatoms. The molecule has 1 unspecified atom stereocenters. The fourth-order valence-corrected chi connectivity index (χ4v) is 11.2. The van der Waals surface area contributed by atoms with Gasteiger partial charge < -0.3 is 9.47 Å². The zero-order chi connectivity index (χ0) is 52.4. The molecule has 7 nitrogen and oxygen atoms in total. The summed E-state index contributed by atoms with van der Waals surface area (Å²) in [6.45, 7) is 4.85. The average Bonchev–Trinajstić information content (AvgIpc) is 3.36. The zero-order valence-electron chi connectivity index (χ0n) is 48.6. The molecule has 1 atom stereocenters. The number of carbonyl (C=O) groups is 2. The quantitative estimate of drug-likeness (QED) is 0.0367. The second-order valence-electron chi connectivity index (χ2n) is 22.7. The lowest BCUT2D eigenvalue weighted by Crippen LogP contribution is -2.34. The first kappa shape index (κ1) is 70.8. The Labute approximate surface area is 450 Å². The molecule has 1 N–H and O–H groups in total. The summed E-state index contributed by atoms with van der Waals surface area (Å²) >= 11 is 0. The van der Waals surface area contributed by atoms with E-state index in [2.05, 4.69) is 13.8 Å². The first-order valence-corrected chi connectivity index (χ1v) is 34.1. The topological polar surface area (TPSA) is 107 Å². The van der Waals surface area contributed by atoms with Crippen LogP contribution in [0.4, 0.5) is 0 Å². The zero-order valence-corrected chi connectivity index (χ0v) is 49.4. The highest BCUT2D eigenvalue weighted by Gasteiger charge is 2.35. The molecule has 0 spiro atoms. The van der Waals surface area contributed by atoms with Gasteiger partial charge in [0.1, 0.15) is 0 Å². The van der Waals surface area contributed by atoms with Crippen molar-refractivity contribution in [3.05, 3.63) is 0 Å². The Bertz CT molecular complexity index is 1190. The van der Waals surface area contributed by atoms with Crippen LogP contribution in [0.15, 0.2) is 0 Å². The molecule has 0 aromatic heterocycles. The smallest absolute Gasteiger partial charge is 0.327 e. The normalized spacial score (nSPS) is 12.2. The highest BCUT2D eigenvalue weighted by molar-refractivity contribution is 7.87. The molecule has 0 aromatic rings. The minimum absolute atomic E-state index is 0.0823. The number of carbonyl (C=O) groups excluding carboxylic acids is 2. The van der Waals surface area contributed by atoms with Gasteiger partial charge in [-0.05, 0) is 12.8 Å². The van der Waals surface area contributed by atoms with Gasteiger partial charge in [-0.2, -0.15) is 8.42 Å². The van der Waals surface area contributed by atoms with Crippen molar-refractivity contribution < 1.29 is 32.0 Å².